The topological polar surface area (TPSA) is 85.2 Å². The lowest BCUT2D eigenvalue weighted by atomic mass is 9.96. The summed E-state index contributed by atoms with van der Waals surface area (Å²) in [5.41, 5.74) is 0.950. The molecule has 1 aliphatic rings. The van der Waals surface area contributed by atoms with Crippen LogP contribution in [-0.4, -0.2) is 64.3 Å². The van der Waals surface area contributed by atoms with E-state index in [9.17, 15) is 4.79 Å². The molecule has 0 spiro atoms. The third-order valence-electron chi connectivity index (χ3n) is 5.17. The number of amides is 1. The number of hydrogen-bond acceptors (Lipinski definition) is 6. The van der Waals surface area contributed by atoms with E-state index in [1.165, 1.54) is 31.0 Å². The maximum absolute atomic E-state index is 12.8. The number of carbonyl (C=O) groups excluding carboxylic acids is 1. The van der Waals surface area contributed by atoms with Crippen LogP contribution < -0.4 is 10.1 Å². The van der Waals surface area contributed by atoms with Crippen molar-refractivity contribution >= 4 is 17.5 Å². The Balaban J connectivity index is 1.82. The first-order valence-corrected chi connectivity index (χ1v) is 8.91. The number of carbonyl (C=O) groups is 1. The van der Waals surface area contributed by atoms with E-state index in [4.69, 9.17) is 16.3 Å². The number of nitrogens with one attached hydrogen (secondary N) is 1. The summed E-state index contributed by atoms with van der Waals surface area (Å²) in [5, 5.41) is 14.4. The Morgan fingerprint density at radius 1 is 1.38 bits per heavy atom. The Hall–Kier alpha value is -2.19. The molecule has 8 nitrogen and oxygen atoms in total. The van der Waals surface area contributed by atoms with E-state index >= 15 is 0 Å². The summed E-state index contributed by atoms with van der Waals surface area (Å²) in [5.74, 6) is 0.211. The summed E-state index contributed by atoms with van der Waals surface area (Å²) in [7, 11) is 5.65. The molecule has 1 aliphatic carbocycles. The molecule has 0 bridgehead atoms. The van der Waals surface area contributed by atoms with Crippen molar-refractivity contribution < 1.29 is 9.53 Å². The molecule has 26 heavy (non-hydrogen) atoms. The van der Waals surface area contributed by atoms with Gasteiger partial charge in [-0.05, 0) is 43.4 Å². The molecule has 1 aromatic heterocycles. The van der Waals surface area contributed by atoms with Crippen molar-refractivity contribution in [3.05, 3.63) is 29.0 Å². The highest BCUT2D eigenvalue weighted by Crippen LogP contribution is 2.34. The Morgan fingerprint density at radius 2 is 2.12 bits per heavy atom. The second-order valence-electron chi connectivity index (χ2n) is 6.77. The lowest BCUT2D eigenvalue weighted by Crippen LogP contribution is -2.50. The van der Waals surface area contributed by atoms with E-state index in [1.54, 1.807) is 12.1 Å². The van der Waals surface area contributed by atoms with Crippen LogP contribution in [0.15, 0.2) is 18.5 Å². The molecule has 0 radical (unpaired) electrons. The fraction of sp³-hybridized carbons (Fsp3) is 0.529. The molecular formula is C17H23ClN6O2. The van der Waals surface area contributed by atoms with Gasteiger partial charge < -0.3 is 15.0 Å². The van der Waals surface area contributed by atoms with Crippen LogP contribution in [0.3, 0.4) is 0 Å². The van der Waals surface area contributed by atoms with Crippen LogP contribution in [0.5, 0.6) is 5.75 Å². The van der Waals surface area contributed by atoms with Crippen molar-refractivity contribution in [1.29, 1.82) is 0 Å². The van der Waals surface area contributed by atoms with Crippen LogP contribution in [0.4, 0.5) is 0 Å². The Labute approximate surface area is 157 Å². The number of likely N-dealkylation sites (N-methyl/N-ethyl adjacent to an activating group) is 1. The minimum atomic E-state index is -0.208. The molecule has 3 rings (SSSR count). The molecule has 0 atom stereocenters. The largest absolute Gasteiger partial charge is 0.496 e. The van der Waals surface area contributed by atoms with Crippen molar-refractivity contribution in [1.82, 2.24) is 30.4 Å². The smallest absolute Gasteiger partial charge is 0.255 e. The van der Waals surface area contributed by atoms with Crippen LogP contribution in [0, 0.1) is 0 Å². The highest BCUT2D eigenvalue weighted by molar-refractivity contribution is 6.33. The fourth-order valence-corrected chi connectivity index (χ4v) is 3.74. The fourth-order valence-electron chi connectivity index (χ4n) is 3.49. The summed E-state index contributed by atoms with van der Waals surface area (Å²) in [6, 6.07) is 3.24. The Morgan fingerprint density at radius 3 is 2.69 bits per heavy atom. The van der Waals surface area contributed by atoms with Crippen LogP contribution in [-0.2, 0) is 0 Å². The molecule has 1 amide bonds. The van der Waals surface area contributed by atoms with Crippen LogP contribution in [0.2, 0.25) is 5.02 Å². The number of aromatic nitrogens is 4. The van der Waals surface area contributed by atoms with Crippen LogP contribution in [0.1, 0.15) is 36.0 Å². The molecule has 1 fully saturated rings. The van der Waals surface area contributed by atoms with Gasteiger partial charge >= 0.3 is 0 Å². The number of methoxy groups -OCH3 is 1. The summed E-state index contributed by atoms with van der Waals surface area (Å²) in [6.45, 7) is 0.592. The summed E-state index contributed by atoms with van der Waals surface area (Å²) in [6.07, 6.45) is 5.96. The van der Waals surface area contributed by atoms with Crippen molar-refractivity contribution in [3.8, 4) is 11.4 Å². The molecule has 9 heteroatoms. The van der Waals surface area contributed by atoms with E-state index in [-0.39, 0.29) is 11.4 Å². The Kier molecular flexibility index (Phi) is 5.43. The molecule has 0 saturated heterocycles. The maximum atomic E-state index is 12.8. The van der Waals surface area contributed by atoms with Gasteiger partial charge in [0.05, 0.1) is 23.4 Å². The SMILES string of the molecule is COc1cc(-n2cnnn2)c(Cl)cc1C(=O)NCC1(N(C)C)CCCC1. The van der Waals surface area contributed by atoms with Gasteiger partial charge in [0.15, 0.2) is 0 Å². The monoisotopic (exact) mass is 378 g/mol. The van der Waals surface area contributed by atoms with Crippen molar-refractivity contribution in [3.63, 3.8) is 0 Å². The van der Waals surface area contributed by atoms with Crippen molar-refractivity contribution in [2.24, 2.45) is 0 Å². The Bertz CT molecular complexity index is 772. The lowest BCUT2D eigenvalue weighted by molar-refractivity contribution is 0.0897. The van der Waals surface area contributed by atoms with Crippen LogP contribution in [0.25, 0.3) is 5.69 Å². The van der Waals surface area contributed by atoms with Gasteiger partial charge in [0.25, 0.3) is 5.91 Å². The average molecular weight is 379 g/mol. The van der Waals surface area contributed by atoms with Gasteiger partial charge in [-0.15, -0.1) is 5.10 Å². The predicted molar refractivity (Wildman–Crippen MR) is 97.9 cm³/mol. The number of rotatable bonds is 6. The number of ether oxygens (including phenoxy) is 1. The number of halogens is 1. The average Bonchev–Trinajstić information content (AvgIpc) is 3.32. The number of tetrazole rings is 1. The number of benzene rings is 1. The van der Waals surface area contributed by atoms with Crippen LogP contribution >= 0.6 is 11.6 Å². The number of nitrogens with zero attached hydrogens (tertiary/aromatic N) is 5. The summed E-state index contributed by atoms with van der Waals surface area (Å²) in [4.78, 5) is 15.0. The standard InChI is InChI=1S/C17H23ClN6O2/c1-23(2)17(6-4-5-7-17)10-19-16(25)12-8-13(18)14(9-15(12)26-3)24-11-20-21-22-24/h8-9,11H,4-7,10H2,1-3H3,(H,19,25). The molecule has 1 N–H and O–H groups in total. The molecule has 1 saturated carbocycles. The van der Waals surface area contributed by atoms with Gasteiger partial charge in [-0.1, -0.05) is 24.4 Å². The quantitative estimate of drug-likeness (QED) is 0.826. The normalized spacial score (nSPS) is 16.0. The molecular weight excluding hydrogens is 356 g/mol. The first-order valence-electron chi connectivity index (χ1n) is 8.53. The highest BCUT2D eigenvalue weighted by atomic mass is 35.5. The summed E-state index contributed by atoms with van der Waals surface area (Å²) < 4.78 is 6.82. The van der Waals surface area contributed by atoms with Gasteiger partial charge in [-0.3, -0.25) is 4.79 Å². The predicted octanol–water partition coefficient (Wildman–Crippen LogP) is 1.93. The molecule has 0 unspecified atom stereocenters. The molecule has 1 aromatic carbocycles. The van der Waals surface area contributed by atoms with Crippen molar-refractivity contribution in [2.75, 3.05) is 27.7 Å². The third-order valence-corrected chi connectivity index (χ3v) is 5.47. The van der Waals surface area contributed by atoms with E-state index in [0.717, 1.165) is 12.8 Å². The second-order valence-corrected chi connectivity index (χ2v) is 7.17. The minimum absolute atomic E-state index is 0.0129. The van der Waals surface area contributed by atoms with E-state index < -0.39 is 0 Å². The maximum Gasteiger partial charge on any atom is 0.255 e. The van der Waals surface area contributed by atoms with Gasteiger partial charge in [0, 0.05) is 18.2 Å². The van der Waals surface area contributed by atoms with Gasteiger partial charge in [0.1, 0.15) is 12.1 Å². The molecule has 2 aromatic rings. The first-order chi connectivity index (χ1) is 12.5. The van der Waals surface area contributed by atoms with E-state index in [0.29, 0.717) is 28.6 Å². The van der Waals surface area contributed by atoms with Crippen molar-refractivity contribution in [2.45, 2.75) is 31.2 Å². The molecule has 1 heterocycles. The van der Waals surface area contributed by atoms with Gasteiger partial charge in [0.2, 0.25) is 0 Å². The zero-order valence-electron chi connectivity index (χ0n) is 15.2. The highest BCUT2D eigenvalue weighted by Gasteiger charge is 2.36. The number of hydrogen-bond donors (Lipinski definition) is 1. The lowest BCUT2D eigenvalue weighted by Gasteiger charge is -2.36. The van der Waals surface area contributed by atoms with Gasteiger partial charge in [-0.2, -0.15) is 4.68 Å². The minimum Gasteiger partial charge on any atom is -0.496 e. The van der Waals surface area contributed by atoms with E-state index in [2.05, 4.69) is 39.8 Å². The molecule has 140 valence electrons. The first kappa shape index (κ1) is 18.6. The second kappa shape index (κ2) is 7.59. The van der Waals surface area contributed by atoms with Gasteiger partial charge in [-0.25, -0.2) is 0 Å². The van der Waals surface area contributed by atoms with E-state index in [1.807, 2.05) is 0 Å². The third kappa shape index (κ3) is 3.52. The molecule has 0 aliphatic heterocycles. The summed E-state index contributed by atoms with van der Waals surface area (Å²) >= 11 is 6.34. The zero-order valence-corrected chi connectivity index (χ0v) is 16.0. The zero-order chi connectivity index (χ0) is 18.7.